The van der Waals surface area contributed by atoms with Crippen LogP contribution >= 0.6 is 11.3 Å². The van der Waals surface area contributed by atoms with Crippen molar-refractivity contribution in [3.63, 3.8) is 0 Å². The SMILES string of the molecule is C#Cc1c(C#CCCC)sc(C#CCCC)c1C#C. The van der Waals surface area contributed by atoms with E-state index in [2.05, 4.69) is 49.4 Å². The first-order valence-corrected chi connectivity index (χ1v) is 7.17. The van der Waals surface area contributed by atoms with Gasteiger partial charge in [0.2, 0.25) is 0 Å². The summed E-state index contributed by atoms with van der Waals surface area (Å²) in [6.45, 7) is 4.19. The first-order chi connectivity index (χ1) is 9.28. The standard InChI is InChI=1S/C18H16S/c1-5-9-11-13-17-15(7-3)16(8-4)18(19-17)14-12-10-6-2/h3-4H,5-6,9-10H2,1-2H3. The van der Waals surface area contributed by atoms with Crippen LogP contribution in [0, 0.1) is 48.4 Å². The van der Waals surface area contributed by atoms with Crippen LogP contribution in [0.2, 0.25) is 0 Å². The van der Waals surface area contributed by atoms with Crippen LogP contribution in [0.15, 0.2) is 0 Å². The minimum atomic E-state index is 0.719. The smallest absolute Gasteiger partial charge is 0.0951 e. The van der Waals surface area contributed by atoms with Gasteiger partial charge in [0.1, 0.15) is 0 Å². The van der Waals surface area contributed by atoms with Crippen LogP contribution < -0.4 is 0 Å². The Kier molecular flexibility index (Phi) is 6.41. The topological polar surface area (TPSA) is 0 Å². The van der Waals surface area contributed by atoms with Gasteiger partial charge in [-0.05, 0) is 12.8 Å². The zero-order valence-electron chi connectivity index (χ0n) is 11.4. The van der Waals surface area contributed by atoms with Gasteiger partial charge in [-0.2, -0.15) is 0 Å². The second-order valence-corrected chi connectivity index (χ2v) is 4.92. The van der Waals surface area contributed by atoms with E-state index in [1.807, 2.05) is 0 Å². The first kappa shape index (κ1) is 15.0. The lowest BCUT2D eigenvalue weighted by Gasteiger charge is -1.88. The molecule has 0 saturated heterocycles. The van der Waals surface area contributed by atoms with E-state index in [1.54, 1.807) is 0 Å². The van der Waals surface area contributed by atoms with Crippen LogP contribution in [-0.4, -0.2) is 0 Å². The number of thiophene rings is 1. The van der Waals surface area contributed by atoms with Gasteiger partial charge in [-0.3, -0.25) is 0 Å². The maximum Gasteiger partial charge on any atom is 0.0951 e. The van der Waals surface area contributed by atoms with Gasteiger partial charge in [0.15, 0.2) is 0 Å². The average Bonchev–Trinajstić information content (AvgIpc) is 2.76. The van der Waals surface area contributed by atoms with E-state index < -0.39 is 0 Å². The first-order valence-electron chi connectivity index (χ1n) is 6.36. The van der Waals surface area contributed by atoms with E-state index in [1.165, 1.54) is 11.3 Å². The van der Waals surface area contributed by atoms with Crippen molar-refractivity contribution >= 4 is 11.3 Å². The van der Waals surface area contributed by atoms with Crippen molar-refractivity contribution in [2.24, 2.45) is 0 Å². The molecule has 0 aliphatic carbocycles. The summed E-state index contributed by atoms with van der Waals surface area (Å²) < 4.78 is 0. The van der Waals surface area contributed by atoms with Crippen molar-refractivity contribution < 1.29 is 0 Å². The summed E-state index contributed by atoms with van der Waals surface area (Å²) in [4.78, 5) is 1.73. The molecule has 19 heavy (non-hydrogen) atoms. The molecule has 0 aliphatic heterocycles. The molecule has 0 spiro atoms. The Balaban J connectivity index is 3.23. The van der Waals surface area contributed by atoms with Gasteiger partial charge in [-0.1, -0.05) is 49.4 Å². The van der Waals surface area contributed by atoms with E-state index in [0.29, 0.717) is 0 Å². The van der Waals surface area contributed by atoms with E-state index in [-0.39, 0.29) is 0 Å². The fourth-order valence-electron chi connectivity index (χ4n) is 1.42. The predicted molar refractivity (Wildman–Crippen MR) is 83.8 cm³/mol. The number of terminal acetylenes is 2. The lowest BCUT2D eigenvalue weighted by molar-refractivity contribution is 0.983. The van der Waals surface area contributed by atoms with Gasteiger partial charge in [0.25, 0.3) is 0 Å². The van der Waals surface area contributed by atoms with Crippen LogP contribution in [0.4, 0.5) is 0 Å². The minimum absolute atomic E-state index is 0.719. The van der Waals surface area contributed by atoms with Crippen molar-refractivity contribution in [1.29, 1.82) is 0 Å². The van der Waals surface area contributed by atoms with Crippen molar-refractivity contribution in [3.05, 3.63) is 20.9 Å². The summed E-state index contributed by atoms with van der Waals surface area (Å²) in [5.41, 5.74) is 1.44. The summed E-state index contributed by atoms with van der Waals surface area (Å²) in [7, 11) is 0. The third kappa shape index (κ3) is 3.97. The fourth-order valence-corrected chi connectivity index (χ4v) is 2.39. The lowest BCUT2D eigenvalue weighted by Crippen LogP contribution is -1.81. The van der Waals surface area contributed by atoms with Gasteiger partial charge in [-0.25, -0.2) is 0 Å². The fraction of sp³-hybridized carbons (Fsp3) is 0.333. The van der Waals surface area contributed by atoms with E-state index in [9.17, 15) is 0 Å². The molecule has 1 heteroatoms. The quantitative estimate of drug-likeness (QED) is 0.708. The van der Waals surface area contributed by atoms with Crippen molar-refractivity contribution in [2.45, 2.75) is 39.5 Å². The van der Waals surface area contributed by atoms with Crippen molar-refractivity contribution in [3.8, 4) is 48.4 Å². The Morgan fingerprint density at radius 3 is 1.58 bits per heavy atom. The summed E-state index contributed by atoms with van der Waals surface area (Å²) in [5.74, 6) is 17.7. The van der Waals surface area contributed by atoms with Crippen LogP contribution in [0.25, 0.3) is 0 Å². The van der Waals surface area contributed by atoms with Gasteiger partial charge < -0.3 is 0 Å². The van der Waals surface area contributed by atoms with Crippen LogP contribution in [0.3, 0.4) is 0 Å². The molecule has 0 aromatic carbocycles. The molecule has 1 heterocycles. The van der Waals surface area contributed by atoms with Gasteiger partial charge in [0.05, 0.1) is 20.9 Å². The zero-order chi connectivity index (χ0) is 14.1. The molecular weight excluding hydrogens is 248 g/mol. The minimum Gasteiger partial charge on any atom is -0.115 e. The normalized spacial score (nSPS) is 8.42. The summed E-state index contributed by atoms with van der Waals surface area (Å²) >= 11 is 1.50. The van der Waals surface area contributed by atoms with Crippen LogP contribution in [0.1, 0.15) is 60.4 Å². The van der Waals surface area contributed by atoms with E-state index >= 15 is 0 Å². The Bertz CT molecular complexity index is 580. The summed E-state index contributed by atoms with van der Waals surface area (Å²) in [6.07, 6.45) is 14.9. The van der Waals surface area contributed by atoms with Crippen LogP contribution in [-0.2, 0) is 0 Å². The zero-order valence-corrected chi connectivity index (χ0v) is 12.2. The molecule has 1 aromatic heterocycles. The maximum atomic E-state index is 5.54. The Labute approximate surface area is 120 Å². The Hall–Kier alpha value is -2.06. The molecule has 1 aromatic rings. The monoisotopic (exact) mass is 264 g/mol. The maximum absolute atomic E-state index is 5.54. The van der Waals surface area contributed by atoms with Crippen molar-refractivity contribution in [2.75, 3.05) is 0 Å². The number of hydrogen-bond donors (Lipinski definition) is 0. The van der Waals surface area contributed by atoms with E-state index in [0.717, 1.165) is 46.6 Å². The highest BCUT2D eigenvalue weighted by molar-refractivity contribution is 7.13. The molecule has 0 amide bonds. The number of unbranched alkanes of at least 4 members (excludes halogenated alkanes) is 2. The second kappa shape index (κ2) is 8.11. The molecule has 0 N–H and O–H groups in total. The number of rotatable bonds is 2. The average molecular weight is 264 g/mol. The van der Waals surface area contributed by atoms with Crippen molar-refractivity contribution in [1.82, 2.24) is 0 Å². The lowest BCUT2D eigenvalue weighted by atomic mass is 10.1. The molecule has 0 bridgehead atoms. The highest BCUT2D eigenvalue weighted by atomic mass is 32.1. The molecule has 0 saturated carbocycles. The Morgan fingerprint density at radius 1 is 0.842 bits per heavy atom. The van der Waals surface area contributed by atoms with E-state index in [4.69, 9.17) is 12.8 Å². The number of hydrogen-bond acceptors (Lipinski definition) is 1. The third-order valence-corrected chi connectivity index (χ3v) is 3.37. The van der Waals surface area contributed by atoms with Gasteiger partial charge >= 0.3 is 0 Å². The van der Waals surface area contributed by atoms with Crippen LogP contribution in [0.5, 0.6) is 0 Å². The molecule has 0 unspecified atom stereocenters. The Morgan fingerprint density at radius 2 is 1.26 bits per heavy atom. The molecule has 0 fully saturated rings. The van der Waals surface area contributed by atoms with Gasteiger partial charge in [-0.15, -0.1) is 24.2 Å². The molecule has 0 nitrogen and oxygen atoms in total. The molecule has 1 rings (SSSR count). The molecule has 0 radical (unpaired) electrons. The third-order valence-electron chi connectivity index (χ3n) is 2.35. The summed E-state index contributed by atoms with van der Waals surface area (Å²) in [6, 6.07) is 0. The second-order valence-electron chi connectivity index (χ2n) is 3.90. The molecule has 0 atom stereocenters. The van der Waals surface area contributed by atoms with Gasteiger partial charge in [0, 0.05) is 12.8 Å². The largest absolute Gasteiger partial charge is 0.115 e. The highest BCUT2D eigenvalue weighted by Gasteiger charge is 2.12. The molecule has 94 valence electrons. The summed E-state index contributed by atoms with van der Waals surface area (Å²) in [5, 5.41) is 0. The predicted octanol–water partition coefficient (Wildman–Crippen LogP) is 4.01. The molecular formula is C18H16S. The highest BCUT2D eigenvalue weighted by Crippen LogP contribution is 2.26. The molecule has 0 aliphatic rings.